The Balaban J connectivity index is 1.67. The first-order chi connectivity index (χ1) is 15.0. The minimum atomic E-state index is -0.772. The summed E-state index contributed by atoms with van der Waals surface area (Å²) >= 11 is 5.15. The van der Waals surface area contributed by atoms with Crippen LogP contribution in [0.25, 0.3) is 16.5 Å². The molecule has 3 aromatic carbocycles. The zero-order valence-electron chi connectivity index (χ0n) is 16.1. The molecule has 4 N–H and O–H groups in total. The standard InChI is InChI=1S/C22H17N5O3S/c28-19-17(13-23-26-21(31)24-15-9-2-1-3-10-15)20(29)27(22(30)25-19)18-12-6-8-14-7-4-5-11-16(14)18/h1-13,29H,(H2,24,26,31)(H,25,28,30)/b23-13+. The molecule has 0 bridgehead atoms. The predicted octanol–water partition coefficient (Wildman–Crippen LogP) is 2.71. The maximum atomic E-state index is 12.5. The highest BCUT2D eigenvalue weighted by atomic mass is 32.1. The van der Waals surface area contributed by atoms with Gasteiger partial charge in [0.1, 0.15) is 5.56 Å². The fraction of sp³-hybridized carbons (Fsp3) is 0. The number of nitrogens with zero attached hydrogens (tertiary/aromatic N) is 2. The molecular formula is C22H17N5O3S. The maximum Gasteiger partial charge on any atom is 0.335 e. The molecule has 4 rings (SSSR count). The zero-order valence-corrected chi connectivity index (χ0v) is 16.9. The lowest BCUT2D eigenvalue weighted by atomic mass is 10.1. The quantitative estimate of drug-likeness (QED) is 0.225. The average Bonchev–Trinajstić information content (AvgIpc) is 2.77. The van der Waals surface area contributed by atoms with Crippen LogP contribution >= 0.6 is 12.2 Å². The van der Waals surface area contributed by atoms with Gasteiger partial charge < -0.3 is 10.4 Å². The monoisotopic (exact) mass is 431 g/mol. The molecule has 0 aliphatic carbocycles. The smallest absolute Gasteiger partial charge is 0.335 e. The van der Waals surface area contributed by atoms with Gasteiger partial charge in [-0.15, -0.1) is 0 Å². The van der Waals surface area contributed by atoms with E-state index in [0.29, 0.717) is 5.69 Å². The molecule has 0 spiro atoms. The maximum absolute atomic E-state index is 12.5. The van der Waals surface area contributed by atoms with Gasteiger partial charge in [-0.3, -0.25) is 15.2 Å². The van der Waals surface area contributed by atoms with Gasteiger partial charge >= 0.3 is 5.69 Å². The number of benzene rings is 3. The number of aromatic amines is 1. The van der Waals surface area contributed by atoms with Gasteiger partial charge in [-0.2, -0.15) is 5.10 Å². The number of aromatic hydroxyl groups is 1. The van der Waals surface area contributed by atoms with Crippen molar-refractivity contribution in [1.29, 1.82) is 0 Å². The second-order valence-electron chi connectivity index (χ2n) is 6.52. The molecular weight excluding hydrogens is 414 g/mol. The SMILES string of the molecule is O=c1[nH]c(=O)n(-c2cccc3ccccc23)c(O)c1/C=N/NC(=S)Nc1ccccc1. The van der Waals surface area contributed by atoms with Gasteiger partial charge in [-0.1, -0.05) is 54.6 Å². The first-order valence-corrected chi connectivity index (χ1v) is 9.67. The predicted molar refractivity (Wildman–Crippen MR) is 125 cm³/mol. The number of hydrogen-bond donors (Lipinski definition) is 4. The number of rotatable bonds is 4. The third-order valence-electron chi connectivity index (χ3n) is 4.52. The van der Waals surface area contributed by atoms with Crippen molar-refractivity contribution in [3.8, 4) is 11.6 Å². The van der Waals surface area contributed by atoms with Crippen molar-refractivity contribution in [3.05, 3.63) is 99.2 Å². The van der Waals surface area contributed by atoms with Crippen LogP contribution in [-0.4, -0.2) is 26.0 Å². The van der Waals surface area contributed by atoms with Crippen molar-refractivity contribution in [2.45, 2.75) is 0 Å². The van der Waals surface area contributed by atoms with Gasteiger partial charge in [0.15, 0.2) is 5.11 Å². The minimum absolute atomic E-state index is 0.192. The summed E-state index contributed by atoms with van der Waals surface area (Å²) in [6, 6.07) is 22.0. The Morgan fingerprint density at radius 2 is 1.71 bits per heavy atom. The highest BCUT2D eigenvalue weighted by Gasteiger charge is 2.16. The lowest BCUT2D eigenvalue weighted by Crippen LogP contribution is -2.32. The van der Waals surface area contributed by atoms with Crippen LogP contribution in [0.3, 0.4) is 0 Å². The van der Waals surface area contributed by atoms with E-state index in [2.05, 4.69) is 20.8 Å². The molecule has 0 saturated heterocycles. The van der Waals surface area contributed by atoms with Gasteiger partial charge in [-0.25, -0.2) is 9.36 Å². The summed E-state index contributed by atoms with van der Waals surface area (Å²) in [5, 5.41) is 19.4. The molecule has 0 amide bonds. The summed E-state index contributed by atoms with van der Waals surface area (Å²) in [5.74, 6) is -0.530. The summed E-state index contributed by atoms with van der Waals surface area (Å²) in [7, 11) is 0. The first-order valence-electron chi connectivity index (χ1n) is 9.26. The van der Waals surface area contributed by atoms with Crippen molar-refractivity contribution in [3.63, 3.8) is 0 Å². The fourth-order valence-corrected chi connectivity index (χ4v) is 3.29. The number of nitrogens with one attached hydrogen (secondary N) is 3. The highest BCUT2D eigenvalue weighted by molar-refractivity contribution is 7.80. The Labute approximate surface area is 181 Å². The zero-order chi connectivity index (χ0) is 21.8. The van der Waals surface area contributed by atoms with Gasteiger partial charge in [-0.05, 0) is 35.8 Å². The van der Waals surface area contributed by atoms with Crippen molar-refractivity contribution in [1.82, 2.24) is 15.0 Å². The van der Waals surface area contributed by atoms with E-state index in [9.17, 15) is 14.7 Å². The Morgan fingerprint density at radius 3 is 2.52 bits per heavy atom. The van der Waals surface area contributed by atoms with E-state index in [4.69, 9.17) is 12.2 Å². The van der Waals surface area contributed by atoms with Crippen molar-refractivity contribution < 1.29 is 5.11 Å². The number of thiocarbonyl (C=S) groups is 1. The number of H-pyrrole nitrogens is 1. The number of hydrazone groups is 1. The number of fused-ring (bicyclic) bond motifs is 1. The second-order valence-corrected chi connectivity index (χ2v) is 6.93. The summed E-state index contributed by atoms with van der Waals surface area (Å²) in [6.07, 6.45) is 1.11. The summed E-state index contributed by atoms with van der Waals surface area (Å²) < 4.78 is 1.03. The Kier molecular flexibility index (Phi) is 5.59. The van der Waals surface area contributed by atoms with Crippen LogP contribution in [-0.2, 0) is 0 Å². The number of aromatic nitrogens is 2. The van der Waals surface area contributed by atoms with Gasteiger partial charge in [0.2, 0.25) is 5.88 Å². The molecule has 1 aromatic heterocycles. The van der Waals surface area contributed by atoms with Crippen molar-refractivity contribution >= 4 is 40.0 Å². The topological polar surface area (TPSA) is 112 Å². The minimum Gasteiger partial charge on any atom is -0.493 e. The molecule has 154 valence electrons. The van der Waals surface area contributed by atoms with E-state index >= 15 is 0 Å². The van der Waals surface area contributed by atoms with E-state index in [1.807, 2.05) is 60.7 Å². The van der Waals surface area contributed by atoms with Gasteiger partial charge in [0, 0.05) is 11.1 Å². The molecule has 0 saturated carbocycles. The molecule has 1 heterocycles. The molecule has 0 unspecified atom stereocenters. The largest absolute Gasteiger partial charge is 0.493 e. The molecule has 8 nitrogen and oxygen atoms in total. The van der Waals surface area contributed by atoms with Gasteiger partial charge in [0.05, 0.1) is 11.9 Å². The Bertz CT molecular complexity index is 1410. The van der Waals surface area contributed by atoms with Crippen molar-refractivity contribution in [2.75, 3.05) is 5.32 Å². The summed E-state index contributed by atoms with van der Waals surface area (Å²) in [6.45, 7) is 0. The third-order valence-corrected chi connectivity index (χ3v) is 4.71. The fourth-order valence-electron chi connectivity index (χ4n) is 3.12. The second kappa shape index (κ2) is 8.64. The summed E-state index contributed by atoms with van der Waals surface area (Å²) in [4.78, 5) is 27.0. The normalized spacial score (nSPS) is 11.0. The molecule has 0 radical (unpaired) electrons. The average molecular weight is 431 g/mol. The summed E-state index contributed by atoms with van der Waals surface area (Å²) in [5.41, 5.74) is 2.05. The van der Waals surface area contributed by atoms with Crippen LogP contribution in [0.1, 0.15) is 5.56 Å². The van der Waals surface area contributed by atoms with Crippen LogP contribution in [0.2, 0.25) is 0 Å². The number of para-hydroxylation sites is 1. The third kappa shape index (κ3) is 4.21. The molecule has 31 heavy (non-hydrogen) atoms. The Hall–Kier alpha value is -4.24. The van der Waals surface area contributed by atoms with Crippen LogP contribution in [0.15, 0.2) is 87.5 Å². The van der Waals surface area contributed by atoms with E-state index in [1.54, 1.807) is 12.1 Å². The lowest BCUT2D eigenvalue weighted by molar-refractivity contribution is 0.430. The highest BCUT2D eigenvalue weighted by Crippen LogP contribution is 2.24. The lowest BCUT2D eigenvalue weighted by Gasteiger charge is -2.12. The first kappa shape index (κ1) is 20.0. The van der Waals surface area contributed by atoms with Crippen LogP contribution in [0.5, 0.6) is 5.88 Å². The number of hydrogen-bond acceptors (Lipinski definition) is 5. The number of anilines is 1. The van der Waals surface area contributed by atoms with E-state index < -0.39 is 17.1 Å². The van der Waals surface area contributed by atoms with E-state index in [1.165, 1.54) is 0 Å². The molecule has 4 aromatic rings. The molecule has 0 fully saturated rings. The Morgan fingerprint density at radius 1 is 1.00 bits per heavy atom. The van der Waals surface area contributed by atoms with E-state index in [-0.39, 0.29) is 10.7 Å². The van der Waals surface area contributed by atoms with Gasteiger partial charge in [0.25, 0.3) is 5.56 Å². The molecule has 9 heteroatoms. The molecule has 0 atom stereocenters. The molecule has 0 aliphatic rings. The van der Waals surface area contributed by atoms with E-state index in [0.717, 1.165) is 27.2 Å². The molecule has 0 aliphatic heterocycles. The van der Waals surface area contributed by atoms with Crippen LogP contribution < -0.4 is 22.0 Å². The van der Waals surface area contributed by atoms with Crippen LogP contribution in [0.4, 0.5) is 5.69 Å². The van der Waals surface area contributed by atoms with Crippen LogP contribution in [0, 0.1) is 0 Å². The van der Waals surface area contributed by atoms with Crippen molar-refractivity contribution in [2.24, 2.45) is 5.10 Å².